The molecule has 0 aliphatic rings. The van der Waals surface area contributed by atoms with E-state index in [2.05, 4.69) is 17.6 Å². The van der Waals surface area contributed by atoms with Gasteiger partial charge < -0.3 is 31.1 Å². The molecule has 0 bridgehead atoms. The largest absolute Gasteiger partial charge is 0.507 e. The highest BCUT2D eigenvalue weighted by molar-refractivity contribution is 6.34. The van der Waals surface area contributed by atoms with E-state index in [1.54, 1.807) is 71.0 Å². The van der Waals surface area contributed by atoms with Crippen LogP contribution in [0.5, 0.6) is 5.75 Å². The van der Waals surface area contributed by atoms with Crippen LogP contribution in [0.15, 0.2) is 36.4 Å². The number of ether oxygens (including phenoxy) is 1. The van der Waals surface area contributed by atoms with Crippen molar-refractivity contribution in [2.45, 2.75) is 97.8 Å². The number of hydrogen-bond donors (Lipinski definition) is 4. The summed E-state index contributed by atoms with van der Waals surface area (Å²) in [5, 5.41) is 16.7. The molecule has 236 valence electrons. The maximum atomic E-state index is 14.3. The van der Waals surface area contributed by atoms with Gasteiger partial charge in [0.2, 0.25) is 11.8 Å². The molecule has 0 saturated carbocycles. The molecule has 0 radical (unpaired) electrons. The molecule has 2 rings (SSSR count). The Morgan fingerprint density at radius 3 is 2.23 bits per heavy atom. The van der Waals surface area contributed by atoms with Crippen molar-refractivity contribution in [2.75, 3.05) is 11.9 Å². The molecule has 0 saturated heterocycles. The normalized spacial score (nSPS) is 12.6. The smallest absolute Gasteiger partial charge is 0.408 e. The van der Waals surface area contributed by atoms with E-state index in [1.807, 2.05) is 0 Å². The Morgan fingerprint density at radius 2 is 1.63 bits per heavy atom. The highest BCUT2D eigenvalue weighted by Crippen LogP contribution is 2.35. The van der Waals surface area contributed by atoms with Crippen LogP contribution in [0.2, 0.25) is 5.02 Å². The minimum Gasteiger partial charge on any atom is -0.507 e. The molecule has 11 heteroatoms. The number of halogens is 1. The molecule has 2 atom stereocenters. The van der Waals surface area contributed by atoms with Gasteiger partial charge in [0.1, 0.15) is 23.4 Å². The first-order valence-corrected chi connectivity index (χ1v) is 15.0. The first-order chi connectivity index (χ1) is 20.2. The third-order valence-electron chi connectivity index (χ3n) is 6.77. The standard InChI is InChI=1S/C32H45ClN4O6/c1-7-8-9-10-11-18-37(30(41)24(19-25(34)38)35-31(42)43-32(4,5)6)27(22-16-12-15-21(3)28(22)39)29(40)36-26-20(2)14-13-17-23(26)33/h12-17,24,27,39H,7-11,18-19H2,1-6H3,(H2,34,38)(H,35,42)(H,36,40). The van der Waals surface area contributed by atoms with Crippen LogP contribution in [-0.2, 0) is 19.1 Å². The van der Waals surface area contributed by atoms with Crippen molar-refractivity contribution in [1.82, 2.24) is 10.2 Å². The third-order valence-corrected chi connectivity index (χ3v) is 7.09. The van der Waals surface area contributed by atoms with Crippen molar-refractivity contribution in [3.63, 3.8) is 0 Å². The van der Waals surface area contributed by atoms with Crippen LogP contribution in [-0.4, -0.2) is 52.0 Å². The first-order valence-electron chi connectivity index (χ1n) is 14.6. The summed E-state index contributed by atoms with van der Waals surface area (Å²) < 4.78 is 5.33. The van der Waals surface area contributed by atoms with E-state index < -0.39 is 47.9 Å². The van der Waals surface area contributed by atoms with Gasteiger partial charge in [-0.05, 0) is 58.2 Å². The number of para-hydroxylation sites is 2. The van der Waals surface area contributed by atoms with Crippen LogP contribution in [0.25, 0.3) is 0 Å². The minimum absolute atomic E-state index is 0.0980. The number of phenols is 1. The average molecular weight is 617 g/mol. The molecular formula is C32H45ClN4O6. The SMILES string of the molecule is CCCCCCCN(C(=O)C(CC(N)=O)NC(=O)OC(C)(C)C)C(C(=O)Nc1c(C)cccc1Cl)c1cccc(C)c1O. The van der Waals surface area contributed by atoms with Gasteiger partial charge in [0.05, 0.1) is 17.1 Å². The van der Waals surface area contributed by atoms with Crippen LogP contribution < -0.4 is 16.4 Å². The number of anilines is 1. The molecule has 10 nitrogen and oxygen atoms in total. The van der Waals surface area contributed by atoms with E-state index in [4.69, 9.17) is 22.1 Å². The van der Waals surface area contributed by atoms with Gasteiger partial charge >= 0.3 is 6.09 Å². The van der Waals surface area contributed by atoms with Gasteiger partial charge in [-0.3, -0.25) is 14.4 Å². The highest BCUT2D eigenvalue weighted by Gasteiger charge is 2.38. The fourth-order valence-corrected chi connectivity index (χ4v) is 4.91. The van der Waals surface area contributed by atoms with Gasteiger partial charge in [0.25, 0.3) is 5.91 Å². The van der Waals surface area contributed by atoms with E-state index in [1.165, 1.54) is 4.90 Å². The number of rotatable bonds is 14. The van der Waals surface area contributed by atoms with Crippen LogP contribution in [0.1, 0.15) is 89.0 Å². The second-order valence-corrected chi connectivity index (χ2v) is 12.1. The average Bonchev–Trinajstić information content (AvgIpc) is 2.90. The summed E-state index contributed by atoms with van der Waals surface area (Å²) in [6.07, 6.45) is 2.81. The summed E-state index contributed by atoms with van der Waals surface area (Å²) >= 11 is 6.42. The van der Waals surface area contributed by atoms with Crippen LogP contribution >= 0.6 is 11.6 Å². The molecule has 5 N–H and O–H groups in total. The van der Waals surface area contributed by atoms with Gasteiger partial charge in [-0.25, -0.2) is 4.79 Å². The Labute approximate surface area is 259 Å². The molecule has 0 spiro atoms. The molecule has 4 amide bonds. The minimum atomic E-state index is -1.42. The second-order valence-electron chi connectivity index (χ2n) is 11.7. The number of unbranched alkanes of at least 4 members (excludes halogenated alkanes) is 4. The first kappa shape index (κ1) is 35.4. The zero-order valence-corrected chi connectivity index (χ0v) is 26.7. The van der Waals surface area contributed by atoms with Crippen molar-refractivity contribution in [3.05, 3.63) is 58.1 Å². The van der Waals surface area contributed by atoms with Crippen molar-refractivity contribution >= 4 is 41.1 Å². The molecule has 43 heavy (non-hydrogen) atoms. The summed E-state index contributed by atoms with van der Waals surface area (Å²) in [7, 11) is 0. The molecule has 0 aliphatic heterocycles. The Kier molecular flexibility index (Phi) is 13.3. The van der Waals surface area contributed by atoms with E-state index >= 15 is 0 Å². The quantitative estimate of drug-likeness (QED) is 0.194. The summed E-state index contributed by atoms with van der Waals surface area (Å²) in [5.41, 5.74) is 6.35. The lowest BCUT2D eigenvalue weighted by Gasteiger charge is -2.35. The van der Waals surface area contributed by atoms with E-state index in [-0.39, 0.29) is 17.9 Å². The fourth-order valence-electron chi connectivity index (χ4n) is 4.64. The number of primary amides is 1. The highest BCUT2D eigenvalue weighted by atomic mass is 35.5. The van der Waals surface area contributed by atoms with Crippen molar-refractivity contribution in [3.8, 4) is 5.75 Å². The van der Waals surface area contributed by atoms with Gasteiger partial charge in [-0.1, -0.05) is 74.5 Å². The number of benzene rings is 2. The third kappa shape index (κ3) is 10.8. The predicted molar refractivity (Wildman–Crippen MR) is 168 cm³/mol. The van der Waals surface area contributed by atoms with Gasteiger partial charge in [0, 0.05) is 12.1 Å². The number of carbonyl (C=O) groups excluding carboxylic acids is 4. The van der Waals surface area contributed by atoms with Gasteiger partial charge in [0.15, 0.2) is 0 Å². The van der Waals surface area contributed by atoms with E-state index in [9.17, 15) is 24.3 Å². The lowest BCUT2D eigenvalue weighted by molar-refractivity contribution is -0.142. The maximum Gasteiger partial charge on any atom is 0.408 e. The molecule has 0 fully saturated rings. The van der Waals surface area contributed by atoms with Crippen molar-refractivity contribution in [2.24, 2.45) is 5.73 Å². The van der Waals surface area contributed by atoms with Crippen molar-refractivity contribution < 1.29 is 29.0 Å². The number of aryl methyl sites for hydroxylation is 2. The molecule has 0 aromatic heterocycles. The molecular weight excluding hydrogens is 572 g/mol. The number of nitrogens with two attached hydrogens (primary N) is 1. The van der Waals surface area contributed by atoms with E-state index in [0.717, 1.165) is 25.7 Å². The zero-order valence-electron chi connectivity index (χ0n) is 26.0. The van der Waals surface area contributed by atoms with Crippen LogP contribution in [0.4, 0.5) is 10.5 Å². The number of aromatic hydroxyl groups is 1. The number of alkyl carbamates (subject to hydrolysis) is 1. The summed E-state index contributed by atoms with van der Waals surface area (Å²) in [6, 6.07) is 7.32. The monoisotopic (exact) mass is 616 g/mol. The molecule has 2 aromatic carbocycles. The number of carbonyl (C=O) groups is 4. The Bertz CT molecular complexity index is 1270. The molecule has 2 unspecified atom stereocenters. The van der Waals surface area contributed by atoms with Gasteiger partial charge in [-0.2, -0.15) is 0 Å². The summed E-state index contributed by atoms with van der Waals surface area (Å²) in [5.74, 6) is -2.34. The molecule has 0 heterocycles. The summed E-state index contributed by atoms with van der Waals surface area (Å²) in [4.78, 5) is 54.4. The number of nitrogens with zero attached hydrogens (tertiary/aromatic N) is 1. The maximum absolute atomic E-state index is 14.3. The van der Waals surface area contributed by atoms with E-state index in [0.29, 0.717) is 28.3 Å². The summed E-state index contributed by atoms with van der Waals surface area (Å²) in [6.45, 7) is 10.6. The predicted octanol–water partition coefficient (Wildman–Crippen LogP) is 5.91. The Hall–Kier alpha value is -3.79. The lowest BCUT2D eigenvalue weighted by atomic mass is 9.98. The Balaban J connectivity index is 2.64. The van der Waals surface area contributed by atoms with Crippen molar-refractivity contribution in [1.29, 1.82) is 0 Å². The lowest BCUT2D eigenvalue weighted by Crippen LogP contribution is -2.53. The zero-order chi connectivity index (χ0) is 32.3. The number of phenolic OH excluding ortho intramolecular Hbond substituents is 1. The number of hydrogen-bond acceptors (Lipinski definition) is 6. The topological polar surface area (TPSA) is 151 Å². The molecule has 2 aromatic rings. The Morgan fingerprint density at radius 1 is 1.00 bits per heavy atom. The van der Waals surface area contributed by atoms with Gasteiger partial charge in [-0.15, -0.1) is 0 Å². The number of amides is 4. The van der Waals surface area contributed by atoms with Crippen LogP contribution in [0, 0.1) is 13.8 Å². The second kappa shape index (κ2) is 16.2. The number of nitrogens with one attached hydrogen (secondary N) is 2. The molecule has 0 aliphatic carbocycles. The van der Waals surface area contributed by atoms with Crippen LogP contribution in [0.3, 0.4) is 0 Å². The fraction of sp³-hybridized carbons (Fsp3) is 0.500.